The van der Waals surface area contributed by atoms with Crippen LogP contribution in [0.3, 0.4) is 0 Å². The summed E-state index contributed by atoms with van der Waals surface area (Å²) in [5.41, 5.74) is 1.81. The number of likely N-dealkylation sites (N-methyl/N-ethyl adjacent to an activating group) is 1. The predicted molar refractivity (Wildman–Crippen MR) is 147 cm³/mol. The molecular formula is C28H30ClN5O4. The number of carbonyl (C=O) groups is 2. The molecule has 2 amide bonds. The molecule has 2 aliphatic rings. The molecule has 2 aliphatic heterocycles. The minimum atomic E-state index is -0.518. The summed E-state index contributed by atoms with van der Waals surface area (Å²) < 4.78 is 6.65. The van der Waals surface area contributed by atoms with E-state index in [1.165, 1.54) is 4.68 Å². The lowest BCUT2D eigenvalue weighted by Gasteiger charge is -2.34. The van der Waals surface area contributed by atoms with Crippen LogP contribution in [0.4, 0.5) is 5.69 Å². The zero-order chi connectivity index (χ0) is 27.1. The highest BCUT2D eigenvalue weighted by Gasteiger charge is 2.45. The lowest BCUT2D eigenvalue weighted by atomic mass is 9.98. The number of benzene rings is 2. The van der Waals surface area contributed by atoms with Crippen molar-refractivity contribution in [2.75, 3.05) is 45.2 Å². The largest absolute Gasteiger partial charge is 0.497 e. The Morgan fingerprint density at radius 1 is 0.868 bits per heavy atom. The third-order valence-electron chi connectivity index (χ3n) is 7.04. The van der Waals surface area contributed by atoms with E-state index in [1.54, 1.807) is 55.6 Å². The number of imide groups is 1. The van der Waals surface area contributed by atoms with Crippen molar-refractivity contribution in [2.45, 2.75) is 19.8 Å². The Morgan fingerprint density at radius 3 is 2.05 bits per heavy atom. The molecule has 3 heterocycles. The summed E-state index contributed by atoms with van der Waals surface area (Å²) in [6.45, 7) is 6.49. The third kappa shape index (κ3) is 4.41. The summed E-state index contributed by atoms with van der Waals surface area (Å²) in [4.78, 5) is 47.3. The first-order valence-corrected chi connectivity index (χ1v) is 12.9. The van der Waals surface area contributed by atoms with E-state index in [1.807, 2.05) is 25.8 Å². The van der Waals surface area contributed by atoms with E-state index in [0.717, 1.165) is 18.0 Å². The van der Waals surface area contributed by atoms with Crippen molar-refractivity contribution in [3.8, 4) is 11.4 Å². The minimum Gasteiger partial charge on any atom is -0.497 e. The fraction of sp³-hybridized carbons (Fsp3) is 0.321. The lowest BCUT2D eigenvalue weighted by molar-refractivity contribution is -0.120. The van der Waals surface area contributed by atoms with E-state index in [9.17, 15) is 14.4 Å². The molecule has 0 radical (unpaired) electrons. The zero-order valence-corrected chi connectivity index (χ0v) is 22.6. The van der Waals surface area contributed by atoms with Gasteiger partial charge in [-0.2, -0.15) is 0 Å². The zero-order valence-electron chi connectivity index (χ0n) is 21.8. The quantitative estimate of drug-likeness (QED) is 0.486. The Morgan fingerprint density at radius 2 is 1.47 bits per heavy atom. The van der Waals surface area contributed by atoms with Crippen LogP contribution in [0, 0.1) is 0 Å². The van der Waals surface area contributed by atoms with E-state index >= 15 is 0 Å². The maximum atomic E-state index is 14.1. The molecular weight excluding hydrogens is 506 g/mol. The standard InChI is InChI=1S/C28H30ClN5O4/c1-17(2)24-22(27(36)34(30-24)20-7-5-18(29)6-8-20)23-25(32-15-13-31(3)14-16-32)28(37)33(26(23)35)19-9-11-21(38-4)12-10-19/h5-12,17,30H,13-16H2,1-4H3. The van der Waals surface area contributed by atoms with Gasteiger partial charge in [0.1, 0.15) is 11.4 Å². The molecule has 38 heavy (non-hydrogen) atoms. The maximum Gasteiger partial charge on any atom is 0.282 e. The molecule has 9 nitrogen and oxygen atoms in total. The molecule has 10 heteroatoms. The van der Waals surface area contributed by atoms with Crippen molar-refractivity contribution in [1.29, 1.82) is 0 Å². The number of aromatic amines is 1. The van der Waals surface area contributed by atoms with Crippen LogP contribution in [-0.4, -0.2) is 71.7 Å². The highest BCUT2D eigenvalue weighted by atomic mass is 35.5. The molecule has 5 rings (SSSR count). The van der Waals surface area contributed by atoms with Crippen molar-refractivity contribution in [3.63, 3.8) is 0 Å². The van der Waals surface area contributed by atoms with E-state index < -0.39 is 17.4 Å². The third-order valence-corrected chi connectivity index (χ3v) is 7.29. The number of hydrogen-bond acceptors (Lipinski definition) is 6. The molecule has 0 aliphatic carbocycles. The van der Waals surface area contributed by atoms with Gasteiger partial charge in [0.25, 0.3) is 17.4 Å². The van der Waals surface area contributed by atoms with Gasteiger partial charge in [0, 0.05) is 36.9 Å². The molecule has 2 aromatic carbocycles. The summed E-state index contributed by atoms with van der Waals surface area (Å²) >= 11 is 6.06. The minimum absolute atomic E-state index is 0.120. The lowest BCUT2D eigenvalue weighted by Crippen LogP contribution is -2.46. The summed E-state index contributed by atoms with van der Waals surface area (Å²) in [5, 5.41) is 3.75. The summed E-state index contributed by atoms with van der Waals surface area (Å²) in [6.07, 6.45) is 0. The first-order valence-electron chi connectivity index (χ1n) is 12.5. The highest BCUT2D eigenvalue weighted by molar-refractivity contribution is 6.45. The van der Waals surface area contributed by atoms with Gasteiger partial charge in [-0.25, -0.2) is 9.58 Å². The number of anilines is 1. The van der Waals surface area contributed by atoms with E-state index in [4.69, 9.17) is 16.3 Å². The van der Waals surface area contributed by atoms with Crippen LogP contribution in [0.15, 0.2) is 59.0 Å². The van der Waals surface area contributed by atoms with Crippen LogP contribution >= 0.6 is 11.6 Å². The van der Waals surface area contributed by atoms with Gasteiger partial charge in [0.2, 0.25) is 0 Å². The molecule has 0 unspecified atom stereocenters. The van der Waals surface area contributed by atoms with Crippen LogP contribution in [0.1, 0.15) is 31.0 Å². The number of halogens is 1. The van der Waals surface area contributed by atoms with Crippen LogP contribution in [0.5, 0.6) is 5.75 Å². The second-order valence-corrected chi connectivity index (χ2v) is 10.3. The van der Waals surface area contributed by atoms with E-state index in [2.05, 4.69) is 10.00 Å². The van der Waals surface area contributed by atoms with Gasteiger partial charge in [0.05, 0.1) is 29.6 Å². The molecule has 0 spiro atoms. The molecule has 0 bridgehead atoms. The SMILES string of the molecule is COc1ccc(N2C(=O)C(c3c(C(C)C)[nH]n(-c4ccc(Cl)cc4)c3=O)=C(N3CCN(C)CC3)C2=O)cc1. The smallest absolute Gasteiger partial charge is 0.282 e. The van der Waals surface area contributed by atoms with Crippen LogP contribution in [0.2, 0.25) is 5.02 Å². The molecule has 3 aromatic rings. The number of carbonyl (C=O) groups excluding carboxylic acids is 2. The van der Waals surface area contributed by atoms with E-state index in [-0.39, 0.29) is 22.8 Å². The first-order chi connectivity index (χ1) is 18.2. The molecule has 1 N–H and O–H groups in total. The molecule has 1 fully saturated rings. The highest BCUT2D eigenvalue weighted by Crippen LogP contribution is 2.37. The van der Waals surface area contributed by atoms with Gasteiger partial charge in [-0.1, -0.05) is 25.4 Å². The number of aromatic nitrogens is 2. The van der Waals surface area contributed by atoms with Gasteiger partial charge in [-0.15, -0.1) is 0 Å². The average Bonchev–Trinajstić information content (AvgIpc) is 3.38. The summed E-state index contributed by atoms with van der Waals surface area (Å²) in [5.74, 6) is -0.465. The number of nitrogens with one attached hydrogen (secondary N) is 1. The van der Waals surface area contributed by atoms with Crippen molar-refractivity contribution in [2.24, 2.45) is 0 Å². The van der Waals surface area contributed by atoms with E-state index in [0.29, 0.717) is 40.9 Å². The molecule has 198 valence electrons. The maximum absolute atomic E-state index is 14.1. The van der Waals surface area contributed by atoms with Crippen molar-refractivity contribution in [3.05, 3.63) is 80.9 Å². The number of H-pyrrole nitrogens is 1. The van der Waals surface area contributed by atoms with Gasteiger partial charge >= 0.3 is 0 Å². The first kappa shape index (κ1) is 25.8. The molecule has 1 saturated heterocycles. The number of piperazine rings is 1. The number of nitrogens with zero attached hydrogens (tertiary/aromatic N) is 4. The topological polar surface area (TPSA) is 90.9 Å². The summed E-state index contributed by atoms with van der Waals surface area (Å²) in [6, 6.07) is 13.6. The second-order valence-electron chi connectivity index (χ2n) is 9.83. The van der Waals surface area contributed by atoms with Crippen molar-refractivity contribution in [1.82, 2.24) is 19.6 Å². The molecule has 1 aromatic heterocycles. The second kappa shape index (κ2) is 10.2. The predicted octanol–water partition coefficient (Wildman–Crippen LogP) is 3.48. The van der Waals surface area contributed by atoms with Crippen molar-refractivity contribution >= 4 is 34.7 Å². The Labute approximate surface area is 225 Å². The Kier molecular flexibility index (Phi) is 6.90. The number of amides is 2. The molecule has 0 atom stereocenters. The van der Waals surface area contributed by atoms with Crippen LogP contribution in [-0.2, 0) is 9.59 Å². The number of methoxy groups -OCH3 is 1. The van der Waals surface area contributed by atoms with Gasteiger partial charge < -0.3 is 14.5 Å². The Balaban J connectivity index is 1.70. The fourth-order valence-electron chi connectivity index (χ4n) is 4.92. The number of rotatable bonds is 6. The Bertz CT molecular complexity index is 1460. The number of hydrogen-bond donors (Lipinski definition) is 1. The van der Waals surface area contributed by atoms with Crippen molar-refractivity contribution < 1.29 is 14.3 Å². The monoisotopic (exact) mass is 535 g/mol. The normalized spacial score (nSPS) is 16.8. The molecule has 0 saturated carbocycles. The Hall–Kier alpha value is -3.82. The summed E-state index contributed by atoms with van der Waals surface area (Å²) in [7, 11) is 3.57. The van der Waals surface area contributed by atoms with Crippen LogP contribution in [0.25, 0.3) is 11.3 Å². The van der Waals surface area contributed by atoms with Gasteiger partial charge in [0.15, 0.2) is 0 Å². The fourth-order valence-corrected chi connectivity index (χ4v) is 5.04. The van der Waals surface area contributed by atoms with Gasteiger partial charge in [-0.3, -0.25) is 19.5 Å². The average molecular weight is 536 g/mol. The van der Waals surface area contributed by atoms with Gasteiger partial charge in [-0.05, 0) is 61.5 Å². The van der Waals surface area contributed by atoms with Crippen LogP contribution < -0.4 is 15.2 Å². The number of ether oxygens (including phenoxy) is 1.